The fourth-order valence-electron chi connectivity index (χ4n) is 3.38. The Hall–Kier alpha value is -3.52. The first kappa shape index (κ1) is 20.7. The number of aryl methyl sites for hydroxylation is 1. The Balaban J connectivity index is 1.39. The number of ether oxygens (including phenoxy) is 1. The average molecular weight is 421 g/mol. The monoisotopic (exact) mass is 421 g/mol. The maximum Gasteiger partial charge on any atom is 0.228 e. The Labute approximate surface area is 180 Å². The van der Waals surface area contributed by atoms with Crippen molar-refractivity contribution in [3.8, 4) is 0 Å². The summed E-state index contributed by atoms with van der Waals surface area (Å²) in [6.07, 6.45) is -0.0167. The van der Waals surface area contributed by atoms with E-state index in [0.29, 0.717) is 36.1 Å². The predicted octanol–water partition coefficient (Wildman–Crippen LogP) is 3.69. The largest absolute Gasteiger partial charge is 0.378 e. The van der Waals surface area contributed by atoms with Crippen LogP contribution in [0.1, 0.15) is 11.4 Å². The second kappa shape index (κ2) is 9.53. The van der Waals surface area contributed by atoms with Crippen molar-refractivity contribution < 1.29 is 13.9 Å². The molecule has 2 heterocycles. The Morgan fingerprint density at radius 1 is 1.06 bits per heavy atom. The molecule has 0 atom stereocenters. The molecule has 0 aliphatic carbocycles. The number of hydrogen-bond acceptors (Lipinski definition) is 6. The molecule has 0 bridgehead atoms. The number of anilines is 4. The van der Waals surface area contributed by atoms with Gasteiger partial charge in [0.1, 0.15) is 23.3 Å². The van der Waals surface area contributed by atoms with Crippen LogP contribution in [0, 0.1) is 12.7 Å². The maximum absolute atomic E-state index is 13.7. The van der Waals surface area contributed by atoms with Crippen molar-refractivity contribution in [3.63, 3.8) is 0 Å². The number of nitrogens with zero attached hydrogens (tertiary/aromatic N) is 3. The van der Waals surface area contributed by atoms with E-state index in [4.69, 9.17) is 4.74 Å². The van der Waals surface area contributed by atoms with Crippen LogP contribution in [0.4, 0.5) is 27.4 Å². The van der Waals surface area contributed by atoms with Crippen LogP contribution in [0.2, 0.25) is 0 Å². The summed E-state index contributed by atoms with van der Waals surface area (Å²) in [5.41, 5.74) is 1.84. The van der Waals surface area contributed by atoms with Gasteiger partial charge in [0.05, 0.1) is 19.6 Å². The lowest BCUT2D eigenvalue weighted by Gasteiger charge is -2.28. The molecule has 0 saturated carbocycles. The highest BCUT2D eigenvalue weighted by molar-refractivity contribution is 5.92. The summed E-state index contributed by atoms with van der Waals surface area (Å²) in [6.45, 7) is 4.85. The number of benzene rings is 2. The fraction of sp³-hybridized carbons (Fsp3) is 0.261. The molecular formula is C23H24FN5O2. The van der Waals surface area contributed by atoms with Gasteiger partial charge in [-0.2, -0.15) is 0 Å². The van der Waals surface area contributed by atoms with Crippen LogP contribution in [0.15, 0.2) is 54.6 Å². The summed E-state index contributed by atoms with van der Waals surface area (Å²) in [7, 11) is 0. The Bertz CT molecular complexity index is 1050. The standard InChI is InChI=1S/C23H24FN5O2/c1-16-25-21(15-22(26-16)29-10-12-31-13-11-29)27-18-6-8-19(9-7-18)28-23(30)14-17-4-2-3-5-20(17)24/h2-9,15H,10-14H2,1H3,(H,28,30)(H,25,26,27). The molecule has 1 aliphatic heterocycles. The number of morpholine rings is 1. The van der Waals surface area contributed by atoms with E-state index in [2.05, 4.69) is 25.5 Å². The van der Waals surface area contributed by atoms with E-state index in [0.717, 1.165) is 24.6 Å². The van der Waals surface area contributed by atoms with E-state index in [1.165, 1.54) is 6.07 Å². The average Bonchev–Trinajstić information content (AvgIpc) is 2.77. The number of nitrogens with one attached hydrogen (secondary N) is 2. The van der Waals surface area contributed by atoms with Crippen molar-refractivity contribution in [3.05, 3.63) is 71.8 Å². The van der Waals surface area contributed by atoms with Crippen molar-refractivity contribution in [1.29, 1.82) is 0 Å². The summed E-state index contributed by atoms with van der Waals surface area (Å²) < 4.78 is 19.1. The molecule has 7 nitrogen and oxygen atoms in total. The number of hydrogen-bond donors (Lipinski definition) is 2. The minimum atomic E-state index is -0.381. The zero-order valence-electron chi connectivity index (χ0n) is 17.3. The van der Waals surface area contributed by atoms with E-state index in [1.807, 2.05) is 25.1 Å². The first-order valence-electron chi connectivity index (χ1n) is 10.2. The molecule has 3 aromatic rings. The van der Waals surface area contributed by atoms with Crippen molar-refractivity contribution in [2.45, 2.75) is 13.3 Å². The van der Waals surface area contributed by atoms with Crippen molar-refractivity contribution in [2.75, 3.05) is 41.8 Å². The lowest BCUT2D eigenvalue weighted by molar-refractivity contribution is -0.115. The second-order valence-electron chi connectivity index (χ2n) is 7.28. The van der Waals surface area contributed by atoms with Gasteiger partial charge >= 0.3 is 0 Å². The van der Waals surface area contributed by atoms with E-state index in [-0.39, 0.29) is 18.1 Å². The Kier molecular flexibility index (Phi) is 6.37. The number of amides is 1. The highest BCUT2D eigenvalue weighted by Gasteiger charge is 2.14. The van der Waals surface area contributed by atoms with Crippen LogP contribution in [0.3, 0.4) is 0 Å². The highest BCUT2D eigenvalue weighted by Crippen LogP contribution is 2.22. The van der Waals surface area contributed by atoms with Crippen LogP contribution in [0.5, 0.6) is 0 Å². The molecule has 2 aromatic carbocycles. The zero-order chi connectivity index (χ0) is 21.6. The van der Waals surface area contributed by atoms with Gasteiger partial charge in [0.25, 0.3) is 0 Å². The smallest absolute Gasteiger partial charge is 0.228 e. The van der Waals surface area contributed by atoms with Gasteiger partial charge in [0.2, 0.25) is 5.91 Å². The van der Waals surface area contributed by atoms with Gasteiger partial charge in [0, 0.05) is 30.5 Å². The van der Waals surface area contributed by atoms with Crippen molar-refractivity contribution >= 4 is 28.9 Å². The van der Waals surface area contributed by atoms with Gasteiger partial charge < -0.3 is 20.3 Å². The molecule has 0 spiro atoms. The number of aromatic nitrogens is 2. The molecule has 2 N–H and O–H groups in total. The van der Waals surface area contributed by atoms with Crippen LogP contribution in [-0.2, 0) is 16.0 Å². The molecule has 31 heavy (non-hydrogen) atoms. The topological polar surface area (TPSA) is 79.4 Å². The molecule has 4 rings (SSSR count). The molecule has 1 aliphatic rings. The third-order valence-electron chi connectivity index (χ3n) is 4.91. The highest BCUT2D eigenvalue weighted by atomic mass is 19.1. The first-order valence-corrected chi connectivity index (χ1v) is 10.2. The van der Waals surface area contributed by atoms with Gasteiger partial charge in [-0.1, -0.05) is 18.2 Å². The van der Waals surface area contributed by atoms with Crippen LogP contribution >= 0.6 is 0 Å². The maximum atomic E-state index is 13.7. The third-order valence-corrected chi connectivity index (χ3v) is 4.91. The van der Waals surface area contributed by atoms with E-state index in [1.54, 1.807) is 30.3 Å². The lowest BCUT2D eigenvalue weighted by Crippen LogP contribution is -2.36. The summed E-state index contributed by atoms with van der Waals surface area (Å²) in [6, 6.07) is 15.5. The molecule has 8 heteroatoms. The summed E-state index contributed by atoms with van der Waals surface area (Å²) in [5.74, 6) is 1.60. The minimum absolute atomic E-state index is 0.0167. The summed E-state index contributed by atoms with van der Waals surface area (Å²) >= 11 is 0. The van der Waals surface area contributed by atoms with E-state index < -0.39 is 0 Å². The van der Waals surface area contributed by atoms with Crippen LogP contribution in [-0.4, -0.2) is 42.2 Å². The fourth-order valence-corrected chi connectivity index (χ4v) is 3.38. The number of carbonyl (C=O) groups excluding carboxylic acids is 1. The van der Waals surface area contributed by atoms with Gasteiger partial charge in [-0.05, 0) is 42.8 Å². The molecular weight excluding hydrogens is 397 g/mol. The lowest BCUT2D eigenvalue weighted by atomic mass is 10.1. The Morgan fingerprint density at radius 2 is 1.77 bits per heavy atom. The van der Waals surface area contributed by atoms with E-state index in [9.17, 15) is 9.18 Å². The van der Waals surface area contributed by atoms with E-state index >= 15 is 0 Å². The molecule has 0 radical (unpaired) electrons. The van der Waals surface area contributed by atoms with Gasteiger partial charge in [-0.3, -0.25) is 4.79 Å². The molecule has 160 valence electrons. The number of rotatable bonds is 6. The SMILES string of the molecule is Cc1nc(Nc2ccc(NC(=O)Cc3ccccc3F)cc2)cc(N2CCOCC2)n1. The van der Waals surface area contributed by atoms with Gasteiger partial charge in [-0.15, -0.1) is 0 Å². The summed E-state index contributed by atoms with van der Waals surface area (Å²) in [5, 5.41) is 6.07. The van der Waals surface area contributed by atoms with Gasteiger partial charge in [0.15, 0.2) is 0 Å². The zero-order valence-corrected chi connectivity index (χ0v) is 17.3. The minimum Gasteiger partial charge on any atom is -0.378 e. The first-order chi connectivity index (χ1) is 15.1. The molecule has 0 unspecified atom stereocenters. The van der Waals surface area contributed by atoms with Crippen LogP contribution < -0.4 is 15.5 Å². The molecule has 1 amide bonds. The van der Waals surface area contributed by atoms with Crippen molar-refractivity contribution in [2.24, 2.45) is 0 Å². The normalized spacial score (nSPS) is 13.7. The number of halogens is 1. The van der Waals surface area contributed by atoms with Crippen molar-refractivity contribution in [1.82, 2.24) is 9.97 Å². The Morgan fingerprint density at radius 3 is 2.52 bits per heavy atom. The van der Waals surface area contributed by atoms with Gasteiger partial charge in [-0.25, -0.2) is 14.4 Å². The predicted molar refractivity (Wildman–Crippen MR) is 118 cm³/mol. The summed E-state index contributed by atoms with van der Waals surface area (Å²) in [4.78, 5) is 23.4. The quantitative estimate of drug-likeness (QED) is 0.632. The molecule has 1 aromatic heterocycles. The third kappa shape index (κ3) is 5.55. The molecule has 1 fully saturated rings. The second-order valence-corrected chi connectivity index (χ2v) is 7.28. The molecule has 1 saturated heterocycles. The number of carbonyl (C=O) groups is 1. The van der Waals surface area contributed by atoms with Crippen LogP contribution in [0.25, 0.3) is 0 Å².